The highest BCUT2D eigenvalue weighted by atomic mass is 31.2. The molecule has 4 aromatic carbocycles. The molecule has 1 heterocycles. The lowest BCUT2D eigenvalue weighted by Crippen LogP contribution is -2.63. The third-order valence-electron chi connectivity index (χ3n) is 7.23. The molecular weight excluding hydrogens is 666 g/mol. The predicted octanol–water partition coefficient (Wildman–Crippen LogP) is 5.40. The molecule has 1 fully saturated rings. The van der Waals surface area contributed by atoms with Gasteiger partial charge in [0.2, 0.25) is 6.29 Å². The molecule has 3 radical (unpaired) electrons. The summed E-state index contributed by atoms with van der Waals surface area (Å²) in [4.78, 5) is 53.6. The Labute approximate surface area is 292 Å². The van der Waals surface area contributed by atoms with E-state index in [9.17, 15) is 19.2 Å². The van der Waals surface area contributed by atoms with Gasteiger partial charge >= 0.3 is 32.5 Å². The number of benzene rings is 4. The van der Waals surface area contributed by atoms with Gasteiger partial charge < -0.3 is 32.7 Å². The summed E-state index contributed by atoms with van der Waals surface area (Å²) >= 11 is 0. The Morgan fingerprint density at radius 1 is 0.540 bits per heavy atom. The van der Waals surface area contributed by atoms with Crippen LogP contribution < -0.4 is 0 Å². The van der Waals surface area contributed by atoms with Gasteiger partial charge in [0, 0.05) is 22.6 Å². The minimum atomic E-state index is -2.08. The van der Waals surface area contributed by atoms with Crippen molar-refractivity contribution in [1.82, 2.24) is 0 Å². The number of rotatable bonds is 13. The maximum atomic E-state index is 13.6. The van der Waals surface area contributed by atoms with Gasteiger partial charge in [-0.3, -0.25) is 4.52 Å². The van der Waals surface area contributed by atoms with Crippen LogP contribution >= 0.6 is 8.60 Å². The van der Waals surface area contributed by atoms with Gasteiger partial charge in [0.15, 0.2) is 18.3 Å². The highest BCUT2D eigenvalue weighted by Crippen LogP contribution is 2.43. The summed E-state index contributed by atoms with van der Waals surface area (Å²) in [6.45, 7) is -0.489. The van der Waals surface area contributed by atoms with Crippen molar-refractivity contribution in [2.24, 2.45) is 0 Å². The van der Waals surface area contributed by atoms with Crippen molar-refractivity contribution < 1.29 is 56.4 Å². The molecule has 14 heteroatoms. The smallest absolute Gasteiger partial charge is 0.338 e. The molecule has 0 aliphatic carbocycles. The van der Waals surface area contributed by atoms with Crippen LogP contribution in [0.2, 0.25) is 0 Å². The lowest BCUT2D eigenvalue weighted by atomic mass is 9.97. The van der Waals surface area contributed by atoms with E-state index in [-0.39, 0.29) is 30.7 Å². The van der Waals surface area contributed by atoms with Gasteiger partial charge in [-0.25, -0.2) is 19.2 Å². The van der Waals surface area contributed by atoms with E-state index in [1.807, 2.05) is 0 Å². The van der Waals surface area contributed by atoms with Crippen molar-refractivity contribution in [3.05, 3.63) is 144 Å². The Balaban J connectivity index is 0.00000562. The summed E-state index contributed by atoms with van der Waals surface area (Å²) in [5.74, 6) is -3.14. The Morgan fingerprint density at radius 3 is 1.30 bits per heavy atom. The van der Waals surface area contributed by atoms with E-state index in [1.54, 1.807) is 84.9 Å². The van der Waals surface area contributed by atoms with Crippen LogP contribution in [0.1, 0.15) is 41.4 Å². The molecule has 0 spiro atoms. The van der Waals surface area contributed by atoms with Crippen molar-refractivity contribution in [1.29, 1.82) is 0 Å². The lowest BCUT2D eigenvalue weighted by molar-refractivity contribution is -0.277. The summed E-state index contributed by atoms with van der Waals surface area (Å²) in [6.07, 6.45) is -7.44. The topological polar surface area (TPSA) is 142 Å². The molecule has 0 aromatic heterocycles. The molecule has 257 valence electrons. The summed E-state index contributed by atoms with van der Waals surface area (Å²) in [7, 11) is 0.581. The highest BCUT2D eigenvalue weighted by molar-refractivity contribution is 7.41. The number of carbonyl (C=O) groups is 4. The molecule has 4 aromatic rings. The zero-order valence-corrected chi connectivity index (χ0v) is 28.0. The highest BCUT2D eigenvalue weighted by Gasteiger charge is 2.54. The minimum Gasteiger partial charge on any atom is -0.459 e. The van der Waals surface area contributed by atoms with Crippen molar-refractivity contribution in [3.63, 3.8) is 0 Å². The van der Waals surface area contributed by atoms with Gasteiger partial charge in [0.25, 0.3) is 0 Å². The van der Waals surface area contributed by atoms with Gasteiger partial charge in [-0.2, -0.15) is 0 Å². The quantitative estimate of drug-likeness (QED) is 0.0764. The van der Waals surface area contributed by atoms with Crippen molar-refractivity contribution in [2.75, 3.05) is 20.8 Å². The van der Waals surface area contributed by atoms with Gasteiger partial charge in [0.05, 0.1) is 22.3 Å². The van der Waals surface area contributed by atoms with E-state index in [4.69, 9.17) is 37.3 Å². The maximum Gasteiger partial charge on any atom is 0.338 e. The molecule has 0 amide bonds. The van der Waals surface area contributed by atoms with E-state index in [2.05, 4.69) is 0 Å². The molecule has 50 heavy (non-hydrogen) atoms. The Bertz CT molecular complexity index is 1680. The number of hydrogen-bond donors (Lipinski definition) is 0. The SMILES string of the molecule is COP(OC)O[C@@H]1O[C@H](COC(=O)c2ccccc2)[C@H](OC(=O)c2ccccc2)[C@H](OC(=O)c2ccccc2)[C@H]1OC(=O)c1ccccc1.[B]. The zero-order valence-electron chi connectivity index (χ0n) is 27.1. The van der Waals surface area contributed by atoms with Crippen LogP contribution in [0.5, 0.6) is 0 Å². The third kappa shape index (κ3) is 9.84. The largest absolute Gasteiger partial charge is 0.459 e. The van der Waals surface area contributed by atoms with E-state index in [0.29, 0.717) is 0 Å². The molecule has 0 saturated carbocycles. The monoisotopic (exact) mass is 699 g/mol. The van der Waals surface area contributed by atoms with Gasteiger partial charge in [-0.1, -0.05) is 72.8 Å². The van der Waals surface area contributed by atoms with E-state index >= 15 is 0 Å². The number of hydrogen-bond acceptors (Lipinski definition) is 12. The van der Waals surface area contributed by atoms with Crippen molar-refractivity contribution in [3.8, 4) is 0 Å². The Morgan fingerprint density at radius 2 is 0.900 bits per heavy atom. The first-order chi connectivity index (χ1) is 23.9. The molecule has 1 aliphatic heterocycles. The second kappa shape index (κ2) is 18.7. The van der Waals surface area contributed by atoms with Gasteiger partial charge in [0.1, 0.15) is 12.7 Å². The van der Waals surface area contributed by atoms with E-state index in [1.165, 1.54) is 50.6 Å². The normalized spacial score (nSPS) is 19.8. The molecular formula is C36H33BO12P. The first kappa shape index (κ1) is 37.9. The minimum absolute atomic E-state index is 0. The molecule has 12 nitrogen and oxygen atoms in total. The van der Waals surface area contributed by atoms with Crippen LogP contribution in [-0.4, -0.2) is 83.8 Å². The fourth-order valence-electron chi connectivity index (χ4n) is 4.86. The second-order valence-corrected chi connectivity index (χ2v) is 11.8. The number of ether oxygens (including phenoxy) is 5. The van der Waals surface area contributed by atoms with Crippen molar-refractivity contribution in [2.45, 2.75) is 30.7 Å². The third-order valence-corrected chi connectivity index (χ3v) is 8.20. The predicted molar refractivity (Wildman–Crippen MR) is 180 cm³/mol. The fourth-order valence-corrected chi connectivity index (χ4v) is 5.52. The fraction of sp³-hybridized carbons (Fsp3) is 0.222. The molecule has 5 rings (SSSR count). The molecule has 0 bridgehead atoms. The second-order valence-electron chi connectivity index (χ2n) is 10.4. The number of carbonyl (C=O) groups excluding carboxylic acids is 4. The lowest BCUT2D eigenvalue weighted by Gasteiger charge is -2.44. The summed E-state index contributed by atoms with van der Waals surface area (Å²) in [6, 6.07) is 32.4. The Kier molecular flexibility index (Phi) is 14.2. The maximum absolute atomic E-state index is 13.6. The van der Waals surface area contributed by atoms with E-state index in [0.717, 1.165) is 0 Å². The molecule has 5 atom stereocenters. The molecule has 1 saturated heterocycles. The van der Waals surface area contributed by atoms with Gasteiger partial charge in [-0.05, 0) is 48.5 Å². The van der Waals surface area contributed by atoms with Crippen LogP contribution in [0, 0.1) is 0 Å². The standard InChI is InChI=1S/C36H33O12P.B/c1-41-49(42-2)48-36-31(47-35(40)27-21-13-6-14-22-27)30(46-34(39)26-19-11-5-12-20-26)29(45-33(38)25-17-9-4-10-18-25)28(44-36)23-43-32(37)24-15-7-3-8-16-24;/h3-22,28-31,36H,23H2,1-2H3;/t28-,29+,30+,31-,36+;/m1./s1. The van der Waals surface area contributed by atoms with Crippen LogP contribution in [0.15, 0.2) is 121 Å². The molecule has 0 unspecified atom stereocenters. The molecule has 0 N–H and O–H groups in total. The zero-order chi connectivity index (χ0) is 34.6. The summed E-state index contributed by atoms with van der Waals surface area (Å²) in [5, 5.41) is 0. The average molecular weight is 699 g/mol. The Hall–Kier alpha value is -4.91. The number of esters is 4. The summed E-state index contributed by atoms with van der Waals surface area (Å²) < 4.78 is 46.3. The first-order valence-electron chi connectivity index (χ1n) is 15.1. The first-order valence-corrected chi connectivity index (χ1v) is 16.2. The van der Waals surface area contributed by atoms with Crippen LogP contribution in [-0.2, 0) is 37.3 Å². The summed E-state index contributed by atoms with van der Waals surface area (Å²) in [5.41, 5.74) is 0.768. The van der Waals surface area contributed by atoms with Crippen LogP contribution in [0.3, 0.4) is 0 Å². The van der Waals surface area contributed by atoms with E-state index < -0.39 is 69.8 Å². The molecule has 1 aliphatic rings. The van der Waals surface area contributed by atoms with Crippen LogP contribution in [0.4, 0.5) is 0 Å². The average Bonchev–Trinajstić information content (AvgIpc) is 3.16. The van der Waals surface area contributed by atoms with Crippen molar-refractivity contribution >= 4 is 40.9 Å². The van der Waals surface area contributed by atoms with Crippen LogP contribution in [0.25, 0.3) is 0 Å². The van der Waals surface area contributed by atoms with Gasteiger partial charge in [-0.15, -0.1) is 0 Å².